The Morgan fingerprint density at radius 2 is 1.94 bits per heavy atom. The van der Waals surface area contributed by atoms with Gasteiger partial charge in [-0.15, -0.1) is 0 Å². The SMILES string of the molecule is O=C1CCC(NS(=O)(=O)c2cncc(Br)c2)CC1. The number of Topliss-reactive ketones (excluding diaryl/α,β-unsaturated/α-hetero) is 1. The number of ketones is 1. The van der Waals surface area contributed by atoms with Crippen LogP contribution in [-0.4, -0.2) is 25.2 Å². The highest BCUT2D eigenvalue weighted by Gasteiger charge is 2.24. The molecular formula is C11H13BrN2O3S. The number of carbonyl (C=O) groups excluding carboxylic acids is 1. The summed E-state index contributed by atoms with van der Waals surface area (Å²) in [5.41, 5.74) is 0. The number of carbonyl (C=O) groups is 1. The summed E-state index contributed by atoms with van der Waals surface area (Å²) in [7, 11) is -3.55. The number of aromatic nitrogens is 1. The molecule has 0 amide bonds. The van der Waals surface area contributed by atoms with Gasteiger partial charge in [0.1, 0.15) is 10.7 Å². The third-order valence-corrected chi connectivity index (χ3v) is 4.78. The Kier molecular flexibility index (Phi) is 4.14. The number of nitrogens with one attached hydrogen (secondary N) is 1. The molecule has 0 atom stereocenters. The number of nitrogens with zero attached hydrogens (tertiary/aromatic N) is 1. The summed E-state index contributed by atoms with van der Waals surface area (Å²) in [5, 5.41) is 0. The summed E-state index contributed by atoms with van der Waals surface area (Å²) in [4.78, 5) is 15.1. The van der Waals surface area contributed by atoms with Crippen LogP contribution in [-0.2, 0) is 14.8 Å². The van der Waals surface area contributed by atoms with Crippen LogP contribution in [0.2, 0.25) is 0 Å². The summed E-state index contributed by atoms with van der Waals surface area (Å²) >= 11 is 3.19. The molecule has 1 heterocycles. The average Bonchev–Trinajstić information content (AvgIpc) is 2.32. The smallest absolute Gasteiger partial charge is 0.242 e. The molecule has 18 heavy (non-hydrogen) atoms. The van der Waals surface area contributed by atoms with E-state index in [0.717, 1.165) is 0 Å². The van der Waals surface area contributed by atoms with Crippen LogP contribution in [0.4, 0.5) is 0 Å². The first kappa shape index (κ1) is 13.6. The summed E-state index contributed by atoms with van der Waals surface area (Å²) in [5.74, 6) is 0.203. The molecular weight excluding hydrogens is 320 g/mol. The molecule has 1 fully saturated rings. The number of hydrogen-bond acceptors (Lipinski definition) is 4. The zero-order chi connectivity index (χ0) is 13.2. The third-order valence-electron chi connectivity index (χ3n) is 2.86. The number of sulfonamides is 1. The van der Waals surface area contributed by atoms with Gasteiger partial charge in [-0.25, -0.2) is 13.1 Å². The lowest BCUT2D eigenvalue weighted by Crippen LogP contribution is -2.37. The molecule has 0 spiro atoms. The van der Waals surface area contributed by atoms with Gasteiger partial charge in [-0.2, -0.15) is 0 Å². The van der Waals surface area contributed by atoms with Crippen LogP contribution in [0.3, 0.4) is 0 Å². The van der Waals surface area contributed by atoms with Crippen molar-refractivity contribution < 1.29 is 13.2 Å². The second-order valence-corrected chi connectivity index (χ2v) is 6.90. The topological polar surface area (TPSA) is 76.1 Å². The van der Waals surface area contributed by atoms with Crippen LogP contribution in [0.15, 0.2) is 27.8 Å². The molecule has 0 bridgehead atoms. The Bertz CT molecular complexity index is 549. The van der Waals surface area contributed by atoms with Gasteiger partial charge >= 0.3 is 0 Å². The van der Waals surface area contributed by atoms with Crippen molar-refractivity contribution in [2.75, 3.05) is 0 Å². The Morgan fingerprint density at radius 1 is 1.28 bits per heavy atom. The first-order valence-corrected chi connectivity index (χ1v) is 7.89. The molecule has 1 N–H and O–H groups in total. The van der Waals surface area contributed by atoms with Gasteiger partial charge in [0.2, 0.25) is 10.0 Å². The predicted molar refractivity (Wildman–Crippen MR) is 69.5 cm³/mol. The van der Waals surface area contributed by atoms with E-state index < -0.39 is 10.0 Å². The third kappa shape index (κ3) is 3.37. The highest BCUT2D eigenvalue weighted by atomic mass is 79.9. The van der Waals surface area contributed by atoms with Gasteiger partial charge in [-0.3, -0.25) is 9.78 Å². The molecule has 1 aromatic heterocycles. The fraction of sp³-hybridized carbons (Fsp3) is 0.455. The number of rotatable bonds is 3. The van der Waals surface area contributed by atoms with Crippen molar-refractivity contribution in [3.63, 3.8) is 0 Å². The second kappa shape index (κ2) is 5.46. The fourth-order valence-electron chi connectivity index (χ4n) is 1.88. The minimum absolute atomic E-state index is 0.133. The number of pyridine rings is 1. The fourth-order valence-corrected chi connectivity index (χ4v) is 3.69. The van der Waals surface area contributed by atoms with Gasteiger partial charge in [0, 0.05) is 35.7 Å². The molecule has 1 aliphatic rings. The van der Waals surface area contributed by atoms with Crippen LogP contribution in [0.5, 0.6) is 0 Å². The zero-order valence-electron chi connectivity index (χ0n) is 9.60. The van der Waals surface area contributed by atoms with E-state index in [-0.39, 0.29) is 16.7 Å². The quantitative estimate of drug-likeness (QED) is 0.912. The molecule has 0 saturated heterocycles. The maximum Gasteiger partial charge on any atom is 0.242 e. The lowest BCUT2D eigenvalue weighted by molar-refractivity contribution is -0.120. The maximum absolute atomic E-state index is 12.1. The van der Waals surface area contributed by atoms with Crippen molar-refractivity contribution in [2.24, 2.45) is 0 Å². The van der Waals surface area contributed by atoms with Gasteiger partial charge in [-0.1, -0.05) is 0 Å². The molecule has 0 unspecified atom stereocenters. The summed E-state index contributed by atoms with van der Waals surface area (Å²) in [6.07, 6.45) is 4.87. The predicted octanol–water partition coefficient (Wildman–Crippen LogP) is 1.63. The monoisotopic (exact) mass is 332 g/mol. The summed E-state index contributed by atoms with van der Waals surface area (Å²) in [6.45, 7) is 0. The van der Waals surface area contributed by atoms with Crippen LogP contribution in [0.25, 0.3) is 0 Å². The number of halogens is 1. The lowest BCUT2D eigenvalue weighted by Gasteiger charge is -2.21. The number of hydrogen-bond donors (Lipinski definition) is 1. The van der Waals surface area contributed by atoms with E-state index in [2.05, 4.69) is 25.6 Å². The molecule has 2 rings (SSSR count). The lowest BCUT2D eigenvalue weighted by atomic mass is 9.95. The first-order chi connectivity index (χ1) is 8.47. The molecule has 98 valence electrons. The minimum atomic E-state index is -3.55. The molecule has 5 nitrogen and oxygen atoms in total. The largest absolute Gasteiger partial charge is 0.300 e. The van der Waals surface area contributed by atoms with Gasteiger partial charge in [-0.05, 0) is 34.8 Å². The van der Waals surface area contributed by atoms with E-state index in [1.807, 2.05) is 0 Å². The molecule has 0 aromatic carbocycles. The van der Waals surface area contributed by atoms with Crippen molar-refractivity contribution in [3.8, 4) is 0 Å². The van der Waals surface area contributed by atoms with E-state index in [9.17, 15) is 13.2 Å². The highest BCUT2D eigenvalue weighted by molar-refractivity contribution is 9.10. The van der Waals surface area contributed by atoms with E-state index in [1.54, 1.807) is 0 Å². The Balaban J connectivity index is 2.10. The first-order valence-electron chi connectivity index (χ1n) is 5.62. The molecule has 0 radical (unpaired) electrons. The van der Waals surface area contributed by atoms with Crippen molar-refractivity contribution in [2.45, 2.75) is 36.6 Å². The van der Waals surface area contributed by atoms with Gasteiger partial charge in [0.05, 0.1) is 0 Å². The minimum Gasteiger partial charge on any atom is -0.300 e. The molecule has 0 aliphatic heterocycles. The van der Waals surface area contributed by atoms with Crippen LogP contribution >= 0.6 is 15.9 Å². The Morgan fingerprint density at radius 3 is 2.56 bits per heavy atom. The van der Waals surface area contributed by atoms with Gasteiger partial charge < -0.3 is 0 Å². The van der Waals surface area contributed by atoms with Crippen LogP contribution in [0, 0.1) is 0 Å². The standard InChI is InChI=1S/C11H13BrN2O3S/c12-8-5-11(7-13-6-8)18(16,17)14-9-1-3-10(15)4-2-9/h5-7,9,14H,1-4H2. The molecule has 7 heteroatoms. The molecule has 1 aliphatic carbocycles. The molecule has 1 saturated carbocycles. The summed E-state index contributed by atoms with van der Waals surface area (Å²) < 4.78 is 27.4. The van der Waals surface area contributed by atoms with E-state index in [4.69, 9.17) is 0 Å². The van der Waals surface area contributed by atoms with E-state index in [0.29, 0.717) is 30.2 Å². The van der Waals surface area contributed by atoms with Gasteiger partial charge in [0.15, 0.2) is 0 Å². The van der Waals surface area contributed by atoms with Gasteiger partial charge in [0.25, 0.3) is 0 Å². The normalized spacial score (nSPS) is 17.9. The molecule has 1 aromatic rings. The summed E-state index contributed by atoms with van der Waals surface area (Å²) in [6, 6.07) is 1.34. The van der Waals surface area contributed by atoms with E-state index >= 15 is 0 Å². The second-order valence-electron chi connectivity index (χ2n) is 4.27. The Labute approximate surface area is 114 Å². The highest BCUT2D eigenvalue weighted by Crippen LogP contribution is 2.19. The maximum atomic E-state index is 12.1. The Hall–Kier alpha value is -0.790. The van der Waals surface area contributed by atoms with Crippen molar-refractivity contribution in [1.29, 1.82) is 0 Å². The van der Waals surface area contributed by atoms with Crippen LogP contribution < -0.4 is 4.72 Å². The van der Waals surface area contributed by atoms with Crippen molar-refractivity contribution in [1.82, 2.24) is 9.71 Å². The van der Waals surface area contributed by atoms with E-state index in [1.165, 1.54) is 18.5 Å². The van der Waals surface area contributed by atoms with Crippen LogP contribution in [0.1, 0.15) is 25.7 Å². The van der Waals surface area contributed by atoms with Crippen molar-refractivity contribution >= 4 is 31.7 Å². The average molecular weight is 333 g/mol. The zero-order valence-corrected chi connectivity index (χ0v) is 12.0. The van der Waals surface area contributed by atoms with Crippen molar-refractivity contribution in [3.05, 3.63) is 22.9 Å².